The number of benzene rings is 2. The number of thiophene rings is 1. The summed E-state index contributed by atoms with van der Waals surface area (Å²) in [5.41, 5.74) is 5.82. The van der Waals surface area contributed by atoms with Gasteiger partial charge < -0.3 is 0 Å². The predicted octanol–water partition coefficient (Wildman–Crippen LogP) is 3.58. The quantitative estimate of drug-likeness (QED) is 0.567. The highest BCUT2D eigenvalue weighted by atomic mass is 32.1. The molecule has 0 radical (unpaired) electrons. The monoisotopic (exact) mass is 338 g/mol. The first-order valence-electron chi connectivity index (χ1n) is 7.99. The normalized spacial score (nSPS) is 14.5. The molecule has 5 heteroatoms. The van der Waals surface area contributed by atoms with Crippen molar-refractivity contribution in [3.63, 3.8) is 0 Å². The van der Waals surface area contributed by atoms with Crippen LogP contribution in [0.2, 0.25) is 0 Å². The van der Waals surface area contributed by atoms with E-state index in [2.05, 4.69) is 41.3 Å². The summed E-state index contributed by atoms with van der Waals surface area (Å²) in [7, 11) is 0. The van der Waals surface area contributed by atoms with Gasteiger partial charge >= 0.3 is 0 Å². The zero-order valence-electron chi connectivity index (χ0n) is 13.2. The number of carbonyl (C=O) groups excluding carboxylic acids is 1. The van der Waals surface area contributed by atoms with Gasteiger partial charge in [0.15, 0.2) is 0 Å². The Morgan fingerprint density at radius 2 is 2.00 bits per heavy atom. The van der Waals surface area contributed by atoms with Gasteiger partial charge in [-0.2, -0.15) is 0 Å². The van der Waals surface area contributed by atoms with E-state index in [-0.39, 0.29) is 0 Å². The van der Waals surface area contributed by atoms with Crippen LogP contribution in [-0.2, 0) is 19.5 Å². The molecule has 1 aliphatic heterocycles. The number of rotatable bonds is 3. The van der Waals surface area contributed by atoms with E-state index in [4.69, 9.17) is 5.21 Å². The Morgan fingerprint density at radius 3 is 2.83 bits per heavy atom. The van der Waals surface area contributed by atoms with Crippen molar-refractivity contribution in [2.45, 2.75) is 19.5 Å². The van der Waals surface area contributed by atoms with Gasteiger partial charge in [0.25, 0.3) is 5.91 Å². The zero-order valence-corrected chi connectivity index (χ0v) is 14.0. The van der Waals surface area contributed by atoms with Crippen molar-refractivity contribution < 1.29 is 10.0 Å². The predicted molar refractivity (Wildman–Crippen MR) is 95.3 cm³/mol. The Labute approximate surface area is 144 Å². The molecule has 3 aromatic rings. The summed E-state index contributed by atoms with van der Waals surface area (Å²) in [6.07, 6.45) is 1.10. The van der Waals surface area contributed by atoms with Crippen molar-refractivity contribution in [3.8, 4) is 0 Å². The lowest BCUT2D eigenvalue weighted by Crippen LogP contribution is -2.29. The van der Waals surface area contributed by atoms with E-state index >= 15 is 0 Å². The van der Waals surface area contributed by atoms with E-state index in [1.54, 1.807) is 5.48 Å². The lowest BCUT2D eigenvalue weighted by Gasteiger charge is -2.28. The number of hydrogen-bond acceptors (Lipinski definition) is 4. The molecule has 4 nitrogen and oxygen atoms in total. The molecule has 0 atom stereocenters. The number of fused-ring (bicyclic) bond motifs is 2. The maximum atomic E-state index is 11.5. The van der Waals surface area contributed by atoms with Crippen molar-refractivity contribution in [1.29, 1.82) is 0 Å². The minimum absolute atomic E-state index is 0.453. The van der Waals surface area contributed by atoms with Crippen LogP contribution in [0.15, 0.2) is 48.5 Å². The van der Waals surface area contributed by atoms with Gasteiger partial charge in [0.1, 0.15) is 0 Å². The highest BCUT2D eigenvalue weighted by molar-refractivity contribution is 7.20. The largest absolute Gasteiger partial charge is 0.294 e. The number of hydrogen-bond donors (Lipinski definition) is 2. The molecule has 0 saturated carbocycles. The van der Waals surface area contributed by atoms with Crippen LogP contribution in [-0.4, -0.2) is 22.6 Å². The Morgan fingerprint density at radius 1 is 1.17 bits per heavy atom. The molecule has 2 aromatic carbocycles. The van der Waals surface area contributed by atoms with E-state index in [1.165, 1.54) is 28.0 Å². The minimum Gasteiger partial charge on any atom is -0.294 e. The summed E-state index contributed by atoms with van der Waals surface area (Å²) in [6.45, 7) is 2.96. The summed E-state index contributed by atoms with van der Waals surface area (Å²) < 4.78 is 1.07. The van der Waals surface area contributed by atoms with Crippen LogP contribution < -0.4 is 5.48 Å². The van der Waals surface area contributed by atoms with Crippen LogP contribution in [0.4, 0.5) is 0 Å². The molecule has 0 fully saturated rings. The second kappa shape index (κ2) is 6.36. The van der Waals surface area contributed by atoms with Gasteiger partial charge in [-0.3, -0.25) is 14.9 Å². The summed E-state index contributed by atoms with van der Waals surface area (Å²) >= 11 is 1.40. The van der Waals surface area contributed by atoms with E-state index in [0.29, 0.717) is 4.88 Å². The molecule has 1 aliphatic rings. The molecule has 1 amide bonds. The molecule has 122 valence electrons. The van der Waals surface area contributed by atoms with Crippen LogP contribution >= 0.6 is 11.3 Å². The first kappa shape index (κ1) is 15.3. The lowest BCUT2D eigenvalue weighted by atomic mass is 9.99. The number of nitrogens with one attached hydrogen (secondary N) is 1. The maximum Gasteiger partial charge on any atom is 0.284 e. The topological polar surface area (TPSA) is 52.6 Å². The molecule has 1 aromatic heterocycles. The summed E-state index contributed by atoms with van der Waals surface area (Å²) in [5.74, 6) is -0.453. The Bertz CT molecular complexity index is 903. The number of amides is 1. The fourth-order valence-electron chi connectivity index (χ4n) is 3.29. The van der Waals surface area contributed by atoms with E-state index in [0.717, 1.165) is 36.1 Å². The van der Waals surface area contributed by atoms with Crippen molar-refractivity contribution in [2.24, 2.45) is 0 Å². The Balaban J connectivity index is 1.54. The van der Waals surface area contributed by atoms with Crippen molar-refractivity contribution in [1.82, 2.24) is 10.4 Å². The molecule has 0 unspecified atom stereocenters. The van der Waals surface area contributed by atoms with Crippen LogP contribution in [0.3, 0.4) is 0 Å². The Hall–Kier alpha value is -2.21. The first-order chi connectivity index (χ1) is 11.7. The number of carbonyl (C=O) groups is 1. The van der Waals surface area contributed by atoms with E-state index in [9.17, 15) is 4.79 Å². The van der Waals surface area contributed by atoms with E-state index in [1.807, 2.05) is 12.1 Å². The molecule has 0 bridgehead atoms. The van der Waals surface area contributed by atoms with Gasteiger partial charge in [0.2, 0.25) is 0 Å². The highest BCUT2D eigenvalue weighted by Gasteiger charge is 2.16. The van der Waals surface area contributed by atoms with E-state index < -0.39 is 5.91 Å². The van der Waals surface area contributed by atoms with Crippen LogP contribution in [0.25, 0.3) is 10.1 Å². The van der Waals surface area contributed by atoms with Crippen LogP contribution in [0.5, 0.6) is 0 Å². The Kier molecular flexibility index (Phi) is 4.06. The zero-order chi connectivity index (χ0) is 16.5. The second-order valence-electron chi connectivity index (χ2n) is 6.15. The SMILES string of the molecule is O=C(NO)c1cc2ccc(CN3CCc4ccccc4C3)cc2s1. The molecule has 4 rings (SSSR count). The second-order valence-corrected chi connectivity index (χ2v) is 7.24. The molecule has 0 spiro atoms. The van der Waals surface area contributed by atoms with Crippen LogP contribution in [0.1, 0.15) is 26.4 Å². The highest BCUT2D eigenvalue weighted by Crippen LogP contribution is 2.28. The molecule has 24 heavy (non-hydrogen) atoms. The van der Waals surface area contributed by atoms with Crippen molar-refractivity contribution in [3.05, 3.63) is 70.1 Å². The fourth-order valence-corrected chi connectivity index (χ4v) is 4.30. The lowest BCUT2D eigenvalue weighted by molar-refractivity contribution is 0.0711. The smallest absolute Gasteiger partial charge is 0.284 e. The van der Waals surface area contributed by atoms with Crippen molar-refractivity contribution >= 4 is 27.3 Å². The van der Waals surface area contributed by atoms with Gasteiger partial charge in [-0.05, 0) is 40.6 Å². The summed E-state index contributed by atoms with van der Waals surface area (Å²) in [6, 6.07) is 16.8. The molecule has 2 heterocycles. The maximum absolute atomic E-state index is 11.5. The molecule has 2 N–H and O–H groups in total. The van der Waals surface area contributed by atoms with Gasteiger partial charge in [-0.25, -0.2) is 5.48 Å². The standard InChI is InChI=1S/C19H18N2O2S/c22-19(20-23)18-10-15-6-5-13(9-17(15)24-18)11-21-8-7-14-3-1-2-4-16(14)12-21/h1-6,9-10,23H,7-8,11-12H2,(H,20,22). The third kappa shape index (κ3) is 2.94. The minimum atomic E-state index is -0.453. The number of nitrogens with zero attached hydrogens (tertiary/aromatic N) is 1. The van der Waals surface area contributed by atoms with Crippen LogP contribution in [0, 0.1) is 0 Å². The average Bonchev–Trinajstić information content (AvgIpc) is 3.04. The van der Waals surface area contributed by atoms with Crippen molar-refractivity contribution in [2.75, 3.05) is 6.54 Å². The molecular weight excluding hydrogens is 320 g/mol. The molecule has 0 saturated heterocycles. The third-order valence-electron chi connectivity index (χ3n) is 4.53. The molecule has 0 aliphatic carbocycles. The van der Waals surface area contributed by atoms with Gasteiger partial charge in [-0.15, -0.1) is 11.3 Å². The fraction of sp³-hybridized carbons (Fsp3) is 0.211. The van der Waals surface area contributed by atoms with Gasteiger partial charge in [0.05, 0.1) is 4.88 Å². The molecular formula is C19H18N2O2S. The van der Waals surface area contributed by atoms with Gasteiger partial charge in [-0.1, -0.05) is 36.4 Å². The summed E-state index contributed by atoms with van der Waals surface area (Å²) in [4.78, 5) is 14.5. The third-order valence-corrected chi connectivity index (χ3v) is 5.62. The summed E-state index contributed by atoms with van der Waals surface area (Å²) in [5, 5.41) is 9.80. The average molecular weight is 338 g/mol. The number of hydroxylamine groups is 1. The first-order valence-corrected chi connectivity index (χ1v) is 8.80. The van der Waals surface area contributed by atoms with Gasteiger partial charge in [0, 0.05) is 24.3 Å².